The van der Waals surface area contributed by atoms with Crippen molar-refractivity contribution in [1.29, 1.82) is 0 Å². The smallest absolute Gasteiger partial charge is 0.191 e. The van der Waals surface area contributed by atoms with E-state index in [4.69, 9.17) is 4.74 Å². The van der Waals surface area contributed by atoms with Gasteiger partial charge in [0.2, 0.25) is 0 Å². The normalized spacial score (nSPS) is 14.2. The fourth-order valence-corrected chi connectivity index (χ4v) is 2.88. The molecule has 0 aliphatic carbocycles. The fourth-order valence-electron chi connectivity index (χ4n) is 1.98. The first-order valence-electron chi connectivity index (χ1n) is 8.29. The number of guanidine groups is 1. The molecule has 0 aromatic heterocycles. The molecule has 1 aromatic carbocycles. The first kappa shape index (κ1) is 24.2. The monoisotopic (exact) mass is 481 g/mol. The number of rotatable bonds is 7. The zero-order valence-corrected chi connectivity index (χ0v) is 19.2. The predicted octanol–water partition coefficient (Wildman–Crippen LogP) is 3.09. The summed E-state index contributed by atoms with van der Waals surface area (Å²) in [6, 6.07) is 7.97. The molecule has 5 nitrogen and oxygen atoms in total. The quantitative estimate of drug-likeness (QED) is 0.357. The Morgan fingerprint density at radius 3 is 2.48 bits per heavy atom. The number of aliphatic imine (C=N–C) groups is 1. The van der Waals surface area contributed by atoms with Crippen LogP contribution in [0.1, 0.15) is 33.3 Å². The van der Waals surface area contributed by atoms with Gasteiger partial charge in [-0.1, -0.05) is 18.2 Å². The van der Waals surface area contributed by atoms with Gasteiger partial charge in [-0.3, -0.25) is 9.20 Å². The minimum Gasteiger partial charge on any atom is -0.489 e. The Balaban J connectivity index is 0.00000576. The summed E-state index contributed by atoms with van der Waals surface area (Å²) in [7, 11) is 0.858. The molecule has 0 saturated heterocycles. The fraction of sp³-hybridized carbons (Fsp3) is 0.611. The van der Waals surface area contributed by atoms with Crippen molar-refractivity contribution in [3.05, 3.63) is 29.8 Å². The van der Waals surface area contributed by atoms with Gasteiger partial charge in [-0.05, 0) is 46.2 Å². The number of nitrogens with zero attached hydrogens (tertiary/aromatic N) is 1. The third kappa shape index (κ3) is 9.44. The molecule has 0 radical (unpaired) electrons. The molecule has 0 aliphatic rings. The number of hydrogen-bond acceptors (Lipinski definition) is 3. The SMILES string of the molecule is CN=C(NCCS(=O)C(C)(C)C)NCC(C)Oc1ccccc1C.I. The van der Waals surface area contributed by atoms with Crippen LogP contribution in [0.15, 0.2) is 29.3 Å². The number of para-hydroxylation sites is 1. The van der Waals surface area contributed by atoms with Gasteiger partial charge in [0.25, 0.3) is 0 Å². The van der Waals surface area contributed by atoms with Crippen molar-refractivity contribution in [2.75, 3.05) is 25.9 Å². The van der Waals surface area contributed by atoms with E-state index >= 15 is 0 Å². The highest BCUT2D eigenvalue weighted by Gasteiger charge is 2.18. The maximum atomic E-state index is 12.0. The van der Waals surface area contributed by atoms with Crippen molar-refractivity contribution in [3.63, 3.8) is 0 Å². The van der Waals surface area contributed by atoms with E-state index in [1.165, 1.54) is 0 Å². The molecule has 2 N–H and O–H groups in total. The van der Waals surface area contributed by atoms with Crippen LogP contribution in [0.5, 0.6) is 5.75 Å². The standard InChI is InChI=1S/C18H31N3O2S.HI/c1-14-9-7-8-10-16(14)23-15(2)13-21-17(19-6)20-11-12-24(22)18(3,4)5;/h7-10,15H,11-13H2,1-6H3,(H2,19,20,21);1H. The van der Waals surface area contributed by atoms with Gasteiger partial charge < -0.3 is 15.4 Å². The van der Waals surface area contributed by atoms with E-state index in [-0.39, 0.29) is 34.8 Å². The molecule has 25 heavy (non-hydrogen) atoms. The van der Waals surface area contributed by atoms with Crippen molar-refractivity contribution >= 4 is 40.7 Å². The van der Waals surface area contributed by atoms with E-state index in [1.54, 1.807) is 7.05 Å². The van der Waals surface area contributed by atoms with Crippen molar-refractivity contribution in [3.8, 4) is 5.75 Å². The molecule has 144 valence electrons. The Hall–Kier alpha value is -0.830. The topological polar surface area (TPSA) is 62.7 Å². The molecule has 0 spiro atoms. The van der Waals surface area contributed by atoms with Crippen LogP contribution >= 0.6 is 24.0 Å². The van der Waals surface area contributed by atoms with Gasteiger partial charge >= 0.3 is 0 Å². The number of hydrogen-bond donors (Lipinski definition) is 2. The lowest BCUT2D eigenvalue weighted by Gasteiger charge is -2.20. The second-order valence-corrected chi connectivity index (χ2v) is 9.06. The third-order valence-electron chi connectivity index (χ3n) is 3.47. The van der Waals surface area contributed by atoms with Crippen molar-refractivity contribution in [1.82, 2.24) is 10.6 Å². The lowest BCUT2D eigenvalue weighted by molar-refractivity contribution is 0.222. The minimum atomic E-state index is -0.868. The second-order valence-electron chi connectivity index (χ2n) is 6.74. The first-order valence-corrected chi connectivity index (χ1v) is 9.61. The summed E-state index contributed by atoms with van der Waals surface area (Å²) in [5.74, 6) is 2.19. The van der Waals surface area contributed by atoms with Gasteiger partial charge in [0.15, 0.2) is 5.96 Å². The third-order valence-corrected chi connectivity index (χ3v) is 5.41. The lowest BCUT2D eigenvalue weighted by atomic mass is 10.2. The number of nitrogens with one attached hydrogen (secondary N) is 2. The number of benzene rings is 1. The Morgan fingerprint density at radius 2 is 1.92 bits per heavy atom. The maximum absolute atomic E-state index is 12.0. The van der Waals surface area contributed by atoms with Crippen LogP contribution in [0.3, 0.4) is 0 Å². The Morgan fingerprint density at radius 1 is 1.28 bits per heavy atom. The Bertz CT molecular complexity index is 574. The predicted molar refractivity (Wildman–Crippen MR) is 119 cm³/mol. The molecule has 0 fully saturated rings. The highest BCUT2D eigenvalue weighted by molar-refractivity contribution is 14.0. The molecule has 0 bridgehead atoms. The van der Waals surface area contributed by atoms with E-state index in [2.05, 4.69) is 15.6 Å². The zero-order chi connectivity index (χ0) is 18.2. The molecule has 2 unspecified atom stereocenters. The van der Waals surface area contributed by atoms with E-state index < -0.39 is 10.8 Å². The summed E-state index contributed by atoms with van der Waals surface area (Å²) in [5.41, 5.74) is 1.12. The molecular formula is C18H32IN3O2S. The van der Waals surface area contributed by atoms with Gasteiger partial charge in [0, 0.05) is 34.9 Å². The van der Waals surface area contributed by atoms with Crippen LogP contribution in [0, 0.1) is 6.92 Å². The number of halogens is 1. The van der Waals surface area contributed by atoms with Crippen LogP contribution in [0.25, 0.3) is 0 Å². The summed E-state index contributed by atoms with van der Waals surface area (Å²) < 4.78 is 17.8. The van der Waals surface area contributed by atoms with E-state index in [9.17, 15) is 4.21 Å². The highest BCUT2D eigenvalue weighted by Crippen LogP contribution is 2.17. The van der Waals surface area contributed by atoms with Crippen LogP contribution in [0.2, 0.25) is 0 Å². The largest absolute Gasteiger partial charge is 0.489 e. The lowest BCUT2D eigenvalue weighted by Crippen LogP contribution is -2.43. The summed E-state index contributed by atoms with van der Waals surface area (Å²) in [5, 5.41) is 6.43. The molecular weight excluding hydrogens is 449 g/mol. The summed E-state index contributed by atoms with van der Waals surface area (Å²) in [6.45, 7) is 11.3. The molecule has 2 atom stereocenters. The van der Waals surface area contributed by atoms with Gasteiger partial charge in [0.05, 0.1) is 6.54 Å². The summed E-state index contributed by atoms with van der Waals surface area (Å²) in [6.07, 6.45) is 0.00774. The number of ether oxygens (including phenoxy) is 1. The highest BCUT2D eigenvalue weighted by atomic mass is 127. The van der Waals surface area contributed by atoms with Crippen LogP contribution in [-0.4, -0.2) is 46.9 Å². The van der Waals surface area contributed by atoms with Crippen LogP contribution in [0.4, 0.5) is 0 Å². The molecule has 0 aliphatic heterocycles. The molecule has 7 heteroatoms. The van der Waals surface area contributed by atoms with E-state index in [1.807, 2.05) is 58.9 Å². The average molecular weight is 481 g/mol. The van der Waals surface area contributed by atoms with E-state index in [0.717, 1.165) is 11.3 Å². The molecule has 0 heterocycles. The summed E-state index contributed by atoms with van der Waals surface area (Å²) in [4.78, 5) is 4.18. The van der Waals surface area contributed by atoms with Crippen LogP contribution in [-0.2, 0) is 10.8 Å². The van der Waals surface area contributed by atoms with Crippen LogP contribution < -0.4 is 15.4 Å². The summed E-state index contributed by atoms with van der Waals surface area (Å²) >= 11 is 0. The van der Waals surface area contributed by atoms with Gasteiger partial charge in [-0.15, -0.1) is 24.0 Å². The van der Waals surface area contributed by atoms with Gasteiger partial charge in [-0.2, -0.15) is 0 Å². The van der Waals surface area contributed by atoms with Crippen molar-refractivity contribution < 1.29 is 8.95 Å². The molecule has 0 amide bonds. The minimum absolute atomic E-state index is 0. The van der Waals surface area contributed by atoms with E-state index in [0.29, 0.717) is 24.8 Å². The molecule has 1 rings (SSSR count). The molecule has 1 aromatic rings. The number of aryl methyl sites for hydroxylation is 1. The first-order chi connectivity index (χ1) is 11.2. The Kier molecular flexibility index (Phi) is 11.3. The Labute approximate surface area is 171 Å². The zero-order valence-electron chi connectivity index (χ0n) is 16.1. The second kappa shape index (κ2) is 11.7. The van der Waals surface area contributed by atoms with Crippen molar-refractivity contribution in [2.24, 2.45) is 4.99 Å². The molecule has 0 saturated carbocycles. The average Bonchev–Trinajstić information content (AvgIpc) is 2.51. The van der Waals surface area contributed by atoms with Crippen molar-refractivity contribution in [2.45, 2.75) is 45.5 Å². The van der Waals surface area contributed by atoms with Gasteiger partial charge in [0.1, 0.15) is 11.9 Å². The van der Waals surface area contributed by atoms with Gasteiger partial charge in [-0.25, -0.2) is 0 Å². The maximum Gasteiger partial charge on any atom is 0.191 e.